The van der Waals surface area contributed by atoms with Crippen LogP contribution in [0.2, 0.25) is 0 Å². The SMILES string of the molecule is COc1ccc(-c2c[nH]c3cc(OC)cc(OC)c3c2=O)cc1. The van der Waals surface area contributed by atoms with Crippen molar-refractivity contribution >= 4 is 10.9 Å². The van der Waals surface area contributed by atoms with Gasteiger partial charge in [-0.25, -0.2) is 0 Å². The maximum absolute atomic E-state index is 12.9. The smallest absolute Gasteiger partial charge is 0.200 e. The summed E-state index contributed by atoms with van der Waals surface area (Å²) in [4.78, 5) is 16.0. The zero-order valence-corrected chi connectivity index (χ0v) is 13.2. The van der Waals surface area contributed by atoms with Gasteiger partial charge in [-0.2, -0.15) is 0 Å². The Labute approximate surface area is 133 Å². The molecule has 1 aromatic heterocycles. The number of methoxy groups -OCH3 is 3. The van der Waals surface area contributed by atoms with Crippen molar-refractivity contribution < 1.29 is 14.2 Å². The summed E-state index contributed by atoms with van der Waals surface area (Å²) >= 11 is 0. The third kappa shape index (κ3) is 2.61. The Morgan fingerprint density at radius 1 is 0.870 bits per heavy atom. The van der Waals surface area contributed by atoms with Crippen molar-refractivity contribution in [1.82, 2.24) is 4.98 Å². The van der Waals surface area contributed by atoms with Crippen LogP contribution in [0.5, 0.6) is 17.2 Å². The Kier molecular flexibility index (Phi) is 3.93. The molecule has 3 aromatic rings. The first-order valence-corrected chi connectivity index (χ1v) is 7.09. The van der Waals surface area contributed by atoms with Gasteiger partial charge in [-0.1, -0.05) is 12.1 Å². The van der Waals surface area contributed by atoms with Crippen LogP contribution in [-0.4, -0.2) is 26.3 Å². The zero-order valence-electron chi connectivity index (χ0n) is 13.2. The van der Waals surface area contributed by atoms with Crippen molar-refractivity contribution in [3.63, 3.8) is 0 Å². The fourth-order valence-corrected chi connectivity index (χ4v) is 2.55. The van der Waals surface area contributed by atoms with Crippen LogP contribution in [0, 0.1) is 0 Å². The third-order valence-electron chi connectivity index (χ3n) is 3.78. The predicted octanol–water partition coefficient (Wildman–Crippen LogP) is 3.22. The quantitative estimate of drug-likeness (QED) is 0.803. The maximum Gasteiger partial charge on any atom is 0.200 e. The van der Waals surface area contributed by atoms with E-state index >= 15 is 0 Å². The number of hydrogen-bond donors (Lipinski definition) is 1. The monoisotopic (exact) mass is 311 g/mol. The van der Waals surface area contributed by atoms with Crippen LogP contribution in [0.15, 0.2) is 47.4 Å². The Hall–Kier alpha value is -2.95. The molecule has 2 aromatic carbocycles. The van der Waals surface area contributed by atoms with E-state index in [0.717, 1.165) is 11.3 Å². The van der Waals surface area contributed by atoms with E-state index in [2.05, 4.69) is 4.98 Å². The number of rotatable bonds is 4. The van der Waals surface area contributed by atoms with E-state index in [9.17, 15) is 4.79 Å². The second-order valence-electron chi connectivity index (χ2n) is 5.01. The molecule has 0 saturated carbocycles. The molecule has 0 spiro atoms. The van der Waals surface area contributed by atoms with Gasteiger partial charge in [0.05, 0.1) is 32.2 Å². The van der Waals surface area contributed by atoms with Gasteiger partial charge < -0.3 is 19.2 Å². The molecule has 1 N–H and O–H groups in total. The second-order valence-corrected chi connectivity index (χ2v) is 5.01. The molecular formula is C18H17NO4. The maximum atomic E-state index is 12.9. The van der Waals surface area contributed by atoms with Crippen LogP contribution in [0.1, 0.15) is 0 Å². The Balaban J connectivity index is 2.23. The largest absolute Gasteiger partial charge is 0.497 e. The highest BCUT2D eigenvalue weighted by Gasteiger charge is 2.13. The highest BCUT2D eigenvalue weighted by atomic mass is 16.5. The number of pyridine rings is 1. The summed E-state index contributed by atoms with van der Waals surface area (Å²) in [6.45, 7) is 0. The molecule has 3 rings (SSSR count). The topological polar surface area (TPSA) is 60.6 Å². The van der Waals surface area contributed by atoms with E-state index < -0.39 is 0 Å². The minimum atomic E-state index is -0.0941. The first-order chi connectivity index (χ1) is 11.2. The molecule has 5 nitrogen and oxygen atoms in total. The lowest BCUT2D eigenvalue weighted by molar-refractivity contribution is 0.397. The van der Waals surface area contributed by atoms with E-state index in [1.807, 2.05) is 24.3 Å². The number of ether oxygens (including phenoxy) is 3. The lowest BCUT2D eigenvalue weighted by Crippen LogP contribution is -2.08. The highest BCUT2D eigenvalue weighted by molar-refractivity contribution is 5.89. The fraction of sp³-hybridized carbons (Fsp3) is 0.167. The summed E-state index contributed by atoms with van der Waals surface area (Å²) in [5.74, 6) is 1.85. The van der Waals surface area contributed by atoms with E-state index in [-0.39, 0.29) is 5.43 Å². The molecule has 1 heterocycles. The highest BCUT2D eigenvalue weighted by Crippen LogP contribution is 2.29. The van der Waals surface area contributed by atoms with E-state index in [4.69, 9.17) is 14.2 Å². The third-order valence-corrected chi connectivity index (χ3v) is 3.78. The fourth-order valence-electron chi connectivity index (χ4n) is 2.55. The van der Waals surface area contributed by atoms with Crippen molar-refractivity contribution in [3.05, 3.63) is 52.8 Å². The van der Waals surface area contributed by atoms with Crippen LogP contribution < -0.4 is 19.6 Å². The molecule has 0 atom stereocenters. The van der Waals surface area contributed by atoms with Crippen molar-refractivity contribution in [2.24, 2.45) is 0 Å². The number of benzene rings is 2. The van der Waals surface area contributed by atoms with E-state index in [1.165, 1.54) is 7.11 Å². The zero-order chi connectivity index (χ0) is 16.4. The van der Waals surface area contributed by atoms with Gasteiger partial charge >= 0.3 is 0 Å². The van der Waals surface area contributed by atoms with Gasteiger partial charge in [-0.15, -0.1) is 0 Å². The van der Waals surface area contributed by atoms with Gasteiger partial charge in [0.15, 0.2) is 0 Å². The number of H-pyrrole nitrogens is 1. The summed E-state index contributed by atoms with van der Waals surface area (Å²) in [5, 5.41) is 0.501. The predicted molar refractivity (Wildman–Crippen MR) is 89.7 cm³/mol. The van der Waals surface area contributed by atoms with Gasteiger partial charge in [-0.3, -0.25) is 4.79 Å². The van der Waals surface area contributed by atoms with Crippen molar-refractivity contribution in [2.45, 2.75) is 0 Å². The van der Waals surface area contributed by atoms with E-state index in [0.29, 0.717) is 28.0 Å². The molecule has 0 aliphatic rings. The summed E-state index contributed by atoms with van der Waals surface area (Å²) in [6.07, 6.45) is 1.70. The number of aromatic amines is 1. The minimum absolute atomic E-state index is 0.0941. The van der Waals surface area contributed by atoms with Gasteiger partial charge in [-0.05, 0) is 17.7 Å². The average Bonchev–Trinajstić information content (AvgIpc) is 2.61. The van der Waals surface area contributed by atoms with Crippen molar-refractivity contribution in [2.75, 3.05) is 21.3 Å². The Morgan fingerprint density at radius 3 is 2.17 bits per heavy atom. The first-order valence-electron chi connectivity index (χ1n) is 7.09. The number of fused-ring (bicyclic) bond motifs is 1. The molecule has 5 heteroatoms. The molecule has 0 radical (unpaired) electrons. The van der Waals surface area contributed by atoms with Crippen LogP contribution in [0.4, 0.5) is 0 Å². The summed E-state index contributed by atoms with van der Waals surface area (Å²) in [7, 11) is 4.72. The molecule has 118 valence electrons. The molecule has 0 aliphatic carbocycles. The van der Waals surface area contributed by atoms with Gasteiger partial charge in [0.25, 0.3) is 0 Å². The summed E-state index contributed by atoms with van der Waals surface area (Å²) in [5.41, 5.74) is 1.96. The van der Waals surface area contributed by atoms with Gasteiger partial charge in [0.1, 0.15) is 17.2 Å². The summed E-state index contributed by atoms with van der Waals surface area (Å²) in [6, 6.07) is 10.8. The Morgan fingerprint density at radius 2 is 1.57 bits per heavy atom. The van der Waals surface area contributed by atoms with Crippen LogP contribution in [0.3, 0.4) is 0 Å². The molecule has 23 heavy (non-hydrogen) atoms. The van der Waals surface area contributed by atoms with Crippen molar-refractivity contribution in [1.29, 1.82) is 0 Å². The van der Waals surface area contributed by atoms with Crippen molar-refractivity contribution in [3.8, 4) is 28.4 Å². The molecule has 0 amide bonds. The molecule has 0 unspecified atom stereocenters. The van der Waals surface area contributed by atoms with Crippen LogP contribution >= 0.6 is 0 Å². The van der Waals surface area contributed by atoms with Gasteiger partial charge in [0.2, 0.25) is 5.43 Å². The number of nitrogens with one attached hydrogen (secondary N) is 1. The lowest BCUT2D eigenvalue weighted by atomic mass is 10.0. The summed E-state index contributed by atoms with van der Waals surface area (Å²) < 4.78 is 15.7. The second kappa shape index (κ2) is 6.04. The van der Waals surface area contributed by atoms with E-state index in [1.54, 1.807) is 32.5 Å². The molecule has 0 bridgehead atoms. The molecular weight excluding hydrogens is 294 g/mol. The number of aromatic nitrogens is 1. The molecule has 0 fully saturated rings. The minimum Gasteiger partial charge on any atom is -0.497 e. The molecule has 0 aliphatic heterocycles. The first kappa shape index (κ1) is 15.0. The normalized spacial score (nSPS) is 10.6. The molecule has 0 saturated heterocycles. The lowest BCUT2D eigenvalue weighted by Gasteiger charge is -2.10. The van der Waals surface area contributed by atoms with Crippen LogP contribution in [0.25, 0.3) is 22.0 Å². The van der Waals surface area contributed by atoms with Crippen LogP contribution in [-0.2, 0) is 0 Å². The Bertz CT molecular complexity index is 897. The average molecular weight is 311 g/mol. The number of hydrogen-bond acceptors (Lipinski definition) is 4. The van der Waals surface area contributed by atoms with Gasteiger partial charge in [0, 0.05) is 23.9 Å². The standard InChI is InChI=1S/C18H17NO4/c1-21-12-6-4-11(5-7-12)14-10-19-15-8-13(22-2)9-16(23-3)17(15)18(14)20/h4-10H,1-3H3,(H,19,20).